The Balaban J connectivity index is 1.39. The first-order valence-electron chi connectivity index (χ1n) is 10.6. The van der Waals surface area contributed by atoms with E-state index in [-0.39, 0.29) is 0 Å². The fourth-order valence-electron chi connectivity index (χ4n) is 4.00. The van der Waals surface area contributed by atoms with Gasteiger partial charge in [0.2, 0.25) is 0 Å². The third-order valence-electron chi connectivity index (χ3n) is 5.61. The minimum absolute atomic E-state index is 0.828. The zero-order valence-electron chi connectivity index (χ0n) is 17.7. The van der Waals surface area contributed by atoms with Crippen LogP contribution in [0.1, 0.15) is 0 Å². The molecule has 7 heteroatoms. The maximum Gasteiger partial charge on any atom is 0.403 e. The van der Waals surface area contributed by atoms with Gasteiger partial charge in [0, 0.05) is 48.3 Å². The first kappa shape index (κ1) is 19.2. The van der Waals surface area contributed by atoms with Gasteiger partial charge in [-0.15, -0.1) is 0 Å². The molecule has 6 nitrogen and oxygen atoms in total. The van der Waals surface area contributed by atoms with Gasteiger partial charge in [-0.1, -0.05) is 24.3 Å². The van der Waals surface area contributed by atoms with E-state index in [9.17, 15) is 0 Å². The number of fused-ring (bicyclic) bond motifs is 1. The van der Waals surface area contributed by atoms with Gasteiger partial charge in [-0.2, -0.15) is 0 Å². The van der Waals surface area contributed by atoms with Crippen LogP contribution in [0.2, 0.25) is 0 Å². The molecule has 4 aromatic heterocycles. The van der Waals surface area contributed by atoms with Gasteiger partial charge in [-0.25, -0.2) is 9.97 Å². The number of aromatic nitrogens is 4. The summed E-state index contributed by atoms with van der Waals surface area (Å²) < 4.78 is 0. The molecule has 0 bridgehead atoms. The highest BCUT2D eigenvalue weighted by Crippen LogP contribution is 2.42. The van der Waals surface area contributed by atoms with Crippen molar-refractivity contribution >= 4 is 30.6 Å². The molecular weight excluding hydrogens is 407 g/mol. The molecule has 0 amide bonds. The lowest BCUT2D eigenvalue weighted by Gasteiger charge is -2.19. The van der Waals surface area contributed by atoms with E-state index >= 15 is 0 Å². The van der Waals surface area contributed by atoms with E-state index in [4.69, 9.17) is 0 Å². The number of benzene rings is 1. The maximum absolute atomic E-state index is 4.66. The monoisotopic (exact) mass is 425 g/mol. The normalized spacial score (nSPS) is 12.4. The van der Waals surface area contributed by atoms with E-state index in [1.807, 2.05) is 80.9 Å². The van der Waals surface area contributed by atoms with Crippen molar-refractivity contribution in [2.75, 3.05) is 9.62 Å². The van der Waals surface area contributed by atoms with Gasteiger partial charge in [0.1, 0.15) is 11.6 Å². The summed E-state index contributed by atoms with van der Waals surface area (Å²) in [5.74, 6) is 1.66. The topological polar surface area (TPSA) is 58.0 Å². The molecule has 0 atom stereocenters. The standard InChI is InChI=1S/C26H18BN6/c1-2-8-24-23(7-1)32(25-15-19(9-13-30-25)21-5-3-11-28-17-21)27-33(24)26-16-20(10-14-31-26)22-6-4-12-29-18-22/h1-18H. The van der Waals surface area contributed by atoms with Crippen molar-refractivity contribution in [1.29, 1.82) is 0 Å². The average Bonchev–Trinajstić information content (AvgIpc) is 3.30. The van der Waals surface area contributed by atoms with Gasteiger partial charge < -0.3 is 9.62 Å². The van der Waals surface area contributed by atoms with Crippen molar-refractivity contribution in [1.82, 2.24) is 19.9 Å². The van der Waals surface area contributed by atoms with Crippen LogP contribution >= 0.6 is 0 Å². The fraction of sp³-hybridized carbons (Fsp3) is 0. The average molecular weight is 425 g/mol. The number of para-hydroxylation sites is 2. The molecule has 5 heterocycles. The molecular formula is C26H18BN6. The highest BCUT2D eigenvalue weighted by atomic mass is 15.3. The van der Waals surface area contributed by atoms with Crippen LogP contribution in [0.5, 0.6) is 0 Å². The van der Waals surface area contributed by atoms with Crippen LogP contribution in [-0.4, -0.2) is 27.5 Å². The third kappa shape index (κ3) is 3.59. The molecule has 1 aliphatic heterocycles. The Morgan fingerprint density at radius 3 is 1.48 bits per heavy atom. The molecule has 5 aromatic rings. The number of rotatable bonds is 4. The number of hydrogen-bond donors (Lipinski definition) is 0. The summed E-state index contributed by atoms with van der Waals surface area (Å²) in [7, 11) is 2.04. The predicted molar refractivity (Wildman–Crippen MR) is 131 cm³/mol. The Hall–Kier alpha value is -4.52. The van der Waals surface area contributed by atoms with Crippen LogP contribution < -0.4 is 9.62 Å². The molecule has 0 aliphatic carbocycles. The van der Waals surface area contributed by atoms with Crippen molar-refractivity contribution in [2.45, 2.75) is 0 Å². The molecule has 6 rings (SSSR count). The molecule has 0 saturated carbocycles. The van der Waals surface area contributed by atoms with Crippen LogP contribution in [-0.2, 0) is 0 Å². The van der Waals surface area contributed by atoms with Gasteiger partial charge in [0.05, 0.1) is 11.4 Å². The van der Waals surface area contributed by atoms with Crippen molar-refractivity contribution in [3.63, 3.8) is 0 Å². The summed E-state index contributed by atoms with van der Waals surface area (Å²) in [4.78, 5) is 22.0. The highest BCUT2D eigenvalue weighted by Gasteiger charge is 2.31. The Bertz CT molecular complexity index is 1300. The molecule has 1 radical (unpaired) electrons. The maximum atomic E-state index is 4.66. The van der Waals surface area contributed by atoms with Crippen molar-refractivity contribution in [3.05, 3.63) is 110 Å². The van der Waals surface area contributed by atoms with E-state index < -0.39 is 0 Å². The molecule has 0 fully saturated rings. The largest absolute Gasteiger partial charge is 0.403 e. The van der Waals surface area contributed by atoms with Gasteiger partial charge in [0.25, 0.3) is 0 Å². The smallest absolute Gasteiger partial charge is 0.351 e. The summed E-state index contributed by atoms with van der Waals surface area (Å²) in [6.07, 6.45) is 10.9. The van der Waals surface area contributed by atoms with E-state index in [1.54, 1.807) is 12.4 Å². The predicted octanol–water partition coefficient (Wildman–Crippen LogP) is 5.42. The fourth-order valence-corrected chi connectivity index (χ4v) is 4.00. The SMILES string of the molecule is [B]1N(c2cc(-c3cccnc3)ccn2)c2ccccc2N1c1cc(-c2cccnc2)ccn1. The second-order valence-corrected chi connectivity index (χ2v) is 7.63. The molecule has 0 spiro atoms. The summed E-state index contributed by atoms with van der Waals surface area (Å²) in [6.45, 7) is 0. The van der Waals surface area contributed by atoms with Gasteiger partial charge in [-0.3, -0.25) is 9.97 Å². The summed E-state index contributed by atoms with van der Waals surface area (Å²) in [5, 5.41) is 0. The highest BCUT2D eigenvalue weighted by molar-refractivity contribution is 6.55. The summed E-state index contributed by atoms with van der Waals surface area (Å²) in [5.41, 5.74) is 6.32. The molecule has 0 saturated heterocycles. The molecule has 0 N–H and O–H groups in total. The molecule has 1 aliphatic rings. The lowest BCUT2D eigenvalue weighted by Crippen LogP contribution is -2.29. The van der Waals surface area contributed by atoms with Crippen molar-refractivity contribution in [2.24, 2.45) is 0 Å². The molecule has 1 aromatic carbocycles. The van der Waals surface area contributed by atoms with E-state index in [1.165, 1.54) is 0 Å². The van der Waals surface area contributed by atoms with E-state index in [0.29, 0.717) is 0 Å². The Morgan fingerprint density at radius 2 is 1.03 bits per heavy atom. The minimum atomic E-state index is 0.828. The number of hydrogen-bond acceptors (Lipinski definition) is 6. The Kier molecular flexibility index (Phi) is 4.77. The minimum Gasteiger partial charge on any atom is -0.351 e. The number of anilines is 4. The second-order valence-electron chi connectivity index (χ2n) is 7.63. The van der Waals surface area contributed by atoms with Crippen molar-refractivity contribution in [3.8, 4) is 22.3 Å². The summed E-state index contributed by atoms with van der Waals surface area (Å²) >= 11 is 0. The first-order valence-corrected chi connectivity index (χ1v) is 10.6. The van der Waals surface area contributed by atoms with E-state index in [0.717, 1.165) is 45.3 Å². The zero-order valence-corrected chi connectivity index (χ0v) is 17.7. The van der Waals surface area contributed by atoms with Crippen LogP contribution in [0.15, 0.2) is 110 Å². The number of pyridine rings is 4. The van der Waals surface area contributed by atoms with Gasteiger partial charge in [0.15, 0.2) is 0 Å². The lowest BCUT2D eigenvalue weighted by atomic mass is 10.0. The van der Waals surface area contributed by atoms with Crippen LogP contribution in [0.25, 0.3) is 22.3 Å². The van der Waals surface area contributed by atoms with Crippen molar-refractivity contribution < 1.29 is 0 Å². The van der Waals surface area contributed by atoms with Crippen LogP contribution in [0.3, 0.4) is 0 Å². The zero-order chi connectivity index (χ0) is 22.0. The van der Waals surface area contributed by atoms with Gasteiger partial charge >= 0.3 is 7.55 Å². The molecule has 33 heavy (non-hydrogen) atoms. The van der Waals surface area contributed by atoms with E-state index in [2.05, 4.69) is 53.8 Å². The van der Waals surface area contributed by atoms with Gasteiger partial charge in [-0.05, 0) is 59.7 Å². The third-order valence-corrected chi connectivity index (χ3v) is 5.61. The Labute approximate surface area is 192 Å². The number of nitrogens with zero attached hydrogens (tertiary/aromatic N) is 6. The Morgan fingerprint density at radius 1 is 0.515 bits per heavy atom. The first-order chi connectivity index (χ1) is 16.4. The van der Waals surface area contributed by atoms with Crippen LogP contribution in [0, 0.1) is 0 Å². The summed E-state index contributed by atoms with van der Waals surface area (Å²) in [6, 6.07) is 24.4. The molecule has 155 valence electrons. The lowest BCUT2D eigenvalue weighted by molar-refractivity contribution is 1.24. The quantitative estimate of drug-likeness (QED) is 0.358. The molecule has 0 unspecified atom stereocenters. The van der Waals surface area contributed by atoms with Crippen LogP contribution in [0.4, 0.5) is 23.0 Å². The second kappa shape index (κ2) is 8.20.